The first-order chi connectivity index (χ1) is 5.40. The Bertz CT molecular complexity index is 179. The van der Waals surface area contributed by atoms with Crippen LogP contribution in [0.5, 0.6) is 0 Å². The van der Waals surface area contributed by atoms with Crippen molar-refractivity contribution in [2.45, 2.75) is 37.7 Å². The van der Waals surface area contributed by atoms with Gasteiger partial charge >= 0.3 is 12.1 Å². The second-order valence-electron chi connectivity index (χ2n) is 3.09. The zero-order valence-electron chi connectivity index (χ0n) is 6.79. The van der Waals surface area contributed by atoms with Crippen LogP contribution in [-0.4, -0.2) is 29.0 Å². The Kier molecular flexibility index (Phi) is 2.93. The van der Waals surface area contributed by atoms with E-state index in [2.05, 4.69) is 0 Å². The molecule has 13 heavy (non-hydrogen) atoms. The lowest BCUT2D eigenvalue weighted by Crippen LogP contribution is -2.54. The van der Waals surface area contributed by atoms with Gasteiger partial charge in [-0.3, -0.25) is 0 Å². The van der Waals surface area contributed by atoms with Crippen LogP contribution in [0.4, 0.5) is 26.3 Å². The van der Waals surface area contributed by atoms with Crippen LogP contribution in [0.2, 0.25) is 0 Å². The summed E-state index contributed by atoms with van der Waals surface area (Å²) in [6.07, 6.45) is -10.0. The number of alkyl halides is 6. The van der Waals surface area contributed by atoms with Crippen molar-refractivity contribution in [2.24, 2.45) is 0 Å². The fraction of sp³-hybridized carbons (Fsp3) is 1.00. The molecule has 0 aromatic carbocycles. The summed E-state index contributed by atoms with van der Waals surface area (Å²) in [6, 6.07) is 0. The smallest absolute Gasteiger partial charge is 0.384 e. The van der Waals surface area contributed by atoms with Gasteiger partial charge in [0, 0.05) is 0 Å². The van der Waals surface area contributed by atoms with Gasteiger partial charge in [-0.1, -0.05) is 0 Å². The number of aliphatic hydroxyl groups is 1. The fourth-order valence-corrected chi connectivity index (χ4v) is 0.516. The maximum absolute atomic E-state index is 12.5. The number of hydrogen-bond acceptors (Lipinski definition) is 1. The molecule has 1 N–H and O–H groups in total. The molecule has 1 nitrogen and oxygen atoms in total. The molecule has 0 fully saturated rings. The van der Waals surface area contributed by atoms with E-state index in [0.717, 1.165) is 0 Å². The third-order valence-electron chi connectivity index (χ3n) is 1.42. The van der Waals surface area contributed by atoms with Gasteiger partial charge in [-0.2, -0.15) is 22.0 Å². The third-order valence-corrected chi connectivity index (χ3v) is 1.42. The van der Waals surface area contributed by atoms with E-state index in [9.17, 15) is 26.3 Å². The molecular formula is C6H8F6O. The minimum absolute atomic E-state index is 0.408. The van der Waals surface area contributed by atoms with E-state index in [-0.39, 0.29) is 0 Å². The van der Waals surface area contributed by atoms with Crippen LogP contribution in [-0.2, 0) is 0 Å². The number of rotatable bonds is 2. The molecule has 0 aromatic heterocycles. The van der Waals surface area contributed by atoms with Gasteiger partial charge in [0.15, 0.2) is 0 Å². The molecule has 0 saturated carbocycles. The average Bonchev–Trinajstić information content (AvgIpc) is 1.81. The molecule has 0 bridgehead atoms. The van der Waals surface area contributed by atoms with E-state index in [1.54, 1.807) is 0 Å². The molecular weight excluding hydrogens is 202 g/mol. The van der Waals surface area contributed by atoms with E-state index >= 15 is 0 Å². The average molecular weight is 210 g/mol. The van der Waals surface area contributed by atoms with Crippen molar-refractivity contribution in [3.63, 3.8) is 0 Å². The van der Waals surface area contributed by atoms with Crippen LogP contribution < -0.4 is 0 Å². The maximum atomic E-state index is 12.5. The molecule has 0 amide bonds. The van der Waals surface area contributed by atoms with Crippen LogP contribution in [0.3, 0.4) is 0 Å². The highest BCUT2D eigenvalue weighted by molar-refractivity contribution is 4.94. The van der Waals surface area contributed by atoms with E-state index in [1.165, 1.54) is 0 Å². The highest BCUT2D eigenvalue weighted by Crippen LogP contribution is 2.41. The van der Waals surface area contributed by atoms with Crippen molar-refractivity contribution >= 4 is 0 Å². The summed E-state index contributed by atoms with van der Waals surface area (Å²) >= 11 is 0. The molecule has 0 aliphatic carbocycles. The molecule has 0 unspecified atom stereocenters. The summed E-state index contributed by atoms with van der Waals surface area (Å²) in [4.78, 5) is 0. The zero-order chi connectivity index (χ0) is 11.1. The summed E-state index contributed by atoms with van der Waals surface area (Å²) in [5.74, 6) is -4.86. The molecule has 0 aliphatic heterocycles. The Labute approximate surface area is 70.4 Å². The van der Waals surface area contributed by atoms with Crippen LogP contribution in [0.1, 0.15) is 13.8 Å². The van der Waals surface area contributed by atoms with Crippen molar-refractivity contribution in [3.05, 3.63) is 0 Å². The highest BCUT2D eigenvalue weighted by atomic mass is 19.4. The predicted molar refractivity (Wildman–Crippen MR) is 32.2 cm³/mol. The first-order valence-electron chi connectivity index (χ1n) is 3.21. The monoisotopic (exact) mass is 210 g/mol. The van der Waals surface area contributed by atoms with Gasteiger partial charge in [0.05, 0.1) is 0 Å². The Balaban J connectivity index is 4.86. The van der Waals surface area contributed by atoms with Gasteiger partial charge in [0.25, 0.3) is 6.17 Å². The van der Waals surface area contributed by atoms with Gasteiger partial charge in [0.1, 0.15) is 5.60 Å². The standard InChI is InChI=1S/C6H8F6O/c1-4(2,13)5(8,9)3(7)6(10,11)12/h3,13H,1-2H3/t3-/m1/s1. The van der Waals surface area contributed by atoms with Crippen molar-refractivity contribution in [1.29, 1.82) is 0 Å². The number of hydrogen-bond donors (Lipinski definition) is 1. The van der Waals surface area contributed by atoms with Crippen molar-refractivity contribution in [1.82, 2.24) is 0 Å². The minimum atomic E-state index is -5.68. The molecule has 1 atom stereocenters. The maximum Gasteiger partial charge on any atom is 0.425 e. The summed E-state index contributed by atoms with van der Waals surface area (Å²) in [5.41, 5.74) is -3.05. The summed E-state index contributed by atoms with van der Waals surface area (Å²) in [7, 11) is 0. The molecule has 0 aromatic rings. The Morgan fingerprint density at radius 2 is 1.31 bits per heavy atom. The summed E-state index contributed by atoms with van der Waals surface area (Å²) in [6.45, 7) is 0.816. The van der Waals surface area contributed by atoms with E-state index < -0.39 is 23.9 Å². The van der Waals surface area contributed by atoms with Crippen molar-refractivity contribution < 1.29 is 31.4 Å². The molecule has 0 saturated heterocycles. The molecule has 0 rings (SSSR count). The van der Waals surface area contributed by atoms with Gasteiger partial charge in [-0.15, -0.1) is 0 Å². The van der Waals surface area contributed by atoms with E-state index in [4.69, 9.17) is 5.11 Å². The Hall–Kier alpha value is -0.460. The Morgan fingerprint density at radius 3 is 1.38 bits per heavy atom. The molecule has 0 spiro atoms. The first-order valence-corrected chi connectivity index (χ1v) is 3.21. The summed E-state index contributed by atoms with van der Waals surface area (Å²) in [5, 5.41) is 8.59. The van der Waals surface area contributed by atoms with Crippen LogP contribution in [0.25, 0.3) is 0 Å². The second-order valence-corrected chi connectivity index (χ2v) is 3.09. The second kappa shape index (κ2) is 3.04. The highest BCUT2D eigenvalue weighted by Gasteiger charge is 2.63. The minimum Gasteiger partial charge on any atom is -0.384 e. The van der Waals surface area contributed by atoms with Gasteiger partial charge in [0.2, 0.25) is 0 Å². The lowest BCUT2D eigenvalue weighted by Gasteiger charge is -2.32. The van der Waals surface area contributed by atoms with Gasteiger partial charge in [-0.25, -0.2) is 4.39 Å². The SMILES string of the molecule is CC(C)(O)C(F)(F)[C@@H](F)C(F)(F)F. The molecule has 0 radical (unpaired) electrons. The predicted octanol–water partition coefficient (Wildman–Crippen LogP) is 2.29. The number of halogens is 6. The normalized spacial score (nSPS) is 17.3. The largest absolute Gasteiger partial charge is 0.425 e. The lowest BCUT2D eigenvalue weighted by atomic mass is 9.96. The van der Waals surface area contributed by atoms with E-state index in [1.807, 2.05) is 0 Å². The van der Waals surface area contributed by atoms with Crippen LogP contribution in [0, 0.1) is 0 Å². The molecule has 80 valence electrons. The lowest BCUT2D eigenvalue weighted by molar-refractivity contribution is -0.286. The van der Waals surface area contributed by atoms with Gasteiger partial charge in [-0.05, 0) is 13.8 Å². The van der Waals surface area contributed by atoms with Gasteiger partial charge < -0.3 is 5.11 Å². The first kappa shape index (κ1) is 12.5. The zero-order valence-corrected chi connectivity index (χ0v) is 6.79. The summed E-state index contributed by atoms with van der Waals surface area (Å²) < 4.78 is 71.6. The van der Waals surface area contributed by atoms with Crippen molar-refractivity contribution in [3.8, 4) is 0 Å². The fourth-order valence-electron chi connectivity index (χ4n) is 0.516. The molecule has 0 heterocycles. The quantitative estimate of drug-likeness (QED) is 0.693. The molecule has 7 heteroatoms. The van der Waals surface area contributed by atoms with Crippen molar-refractivity contribution in [2.75, 3.05) is 0 Å². The topological polar surface area (TPSA) is 20.2 Å². The third kappa shape index (κ3) is 2.49. The van der Waals surface area contributed by atoms with Crippen LogP contribution in [0.15, 0.2) is 0 Å². The molecule has 0 aliphatic rings. The van der Waals surface area contributed by atoms with Crippen LogP contribution >= 0.6 is 0 Å². The van der Waals surface area contributed by atoms with E-state index in [0.29, 0.717) is 13.8 Å². The Morgan fingerprint density at radius 1 is 1.00 bits per heavy atom.